The van der Waals surface area contributed by atoms with Gasteiger partial charge in [-0.1, -0.05) is 31.9 Å². The van der Waals surface area contributed by atoms with E-state index in [1.807, 2.05) is 24.3 Å². The second-order valence-corrected chi connectivity index (χ2v) is 9.14. The van der Waals surface area contributed by atoms with Crippen LogP contribution in [0.15, 0.2) is 35.3 Å². The Kier molecular flexibility index (Phi) is 5.94. The van der Waals surface area contributed by atoms with E-state index in [1.54, 1.807) is 22.4 Å². The van der Waals surface area contributed by atoms with E-state index in [9.17, 15) is 9.90 Å². The molecule has 4 rings (SSSR count). The van der Waals surface area contributed by atoms with Gasteiger partial charge in [0.1, 0.15) is 5.82 Å². The zero-order valence-electron chi connectivity index (χ0n) is 18.8. The van der Waals surface area contributed by atoms with Crippen LogP contribution in [-0.2, 0) is 13.6 Å². The van der Waals surface area contributed by atoms with Crippen LogP contribution in [0.1, 0.15) is 38.7 Å². The Hall–Kier alpha value is -3.31. The number of hydrogen-bond donors (Lipinski definition) is 3. The molecule has 1 aromatic carbocycles. The fraction of sp³-hybridized carbons (Fsp3) is 0.458. The van der Waals surface area contributed by atoms with Gasteiger partial charge in [-0.25, -0.2) is 9.78 Å². The molecule has 8 nitrogen and oxygen atoms in total. The number of aryl methyl sites for hydroxylation is 1. The molecule has 8 heteroatoms. The summed E-state index contributed by atoms with van der Waals surface area (Å²) in [7, 11) is 1.78. The van der Waals surface area contributed by atoms with Crippen molar-refractivity contribution in [2.45, 2.75) is 51.8 Å². The molecule has 0 unspecified atom stereocenters. The van der Waals surface area contributed by atoms with Gasteiger partial charge in [-0.05, 0) is 36.8 Å². The average molecular weight is 435 g/mol. The molecule has 0 bridgehead atoms. The highest BCUT2D eigenvalue weighted by Crippen LogP contribution is 2.36. The largest absolute Gasteiger partial charge is 0.393 e. The van der Waals surface area contributed by atoms with Crippen molar-refractivity contribution in [1.82, 2.24) is 19.1 Å². The van der Waals surface area contributed by atoms with Crippen LogP contribution in [0.3, 0.4) is 0 Å². The van der Waals surface area contributed by atoms with Gasteiger partial charge in [-0.15, -0.1) is 6.42 Å². The van der Waals surface area contributed by atoms with Crippen molar-refractivity contribution in [3.63, 3.8) is 0 Å². The van der Waals surface area contributed by atoms with Crippen LogP contribution in [0, 0.1) is 17.8 Å². The van der Waals surface area contributed by atoms with Crippen LogP contribution < -0.4 is 16.3 Å². The Labute approximate surface area is 187 Å². The highest BCUT2D eigenvalue weighted by atomic mass is 16.3. The highest BCUT2D eigenvalue weighted by molar-refractivity contribution is 5.75. The van der Waals surface area contributed by atoms with Crippen molar-refractivity contribution < 1.29 is 5.11 Å². The molecule has 1 aliphatic carbocycles. The number of fused-ring (bicyclic) bond motifs is 1. The Bertz CT molecular complexity index is 1220. The summed E-state index contributed by atoms with van der Waals surface area (Å²) >= 11 is 0. The molecular weight excluding hydrogens is 404 g/mol. The first-order valence-corrected chi connectivity index (χ1v) is 11.0. The third-order valence-corrected chi connectivity index (χ3v) is 6.42. The number of anilines is 2. The maximum Gasteiger partial charge on any atom is 0.328 e. The Balaban J connectivity index is 1.46. The summed E-state index contributed by atoms with van der Waals surface area (Å²) in [5, 5.41) is 16.9. The summed E-state index contributed by atoms with van der Waals surface area (Å²) in [6.07, 6.45) is 9.41. The van der Waals surface area contributed by atoms with Crippen molar-refractivity contribution in [3.8, 4) is 12.3 Å². The predicted molar refractivity (Wildman–Crippen MR) is 127 cm³/mol. The first-order chi connectivity index (χ1) is 15.3. The Morgan fingerprint density at radius 2 is 2.03 bits per heavy atom. The standard InChI is InChI=1S/C24H30N6O2/c1-5-16-15-26-22(28-21(16)27-17-10-11-20(31)24(2,3)14-17)25-12-13-30-19-9-7-6-8-18(19)29(4)23(30)32/h1,6-9,15,17,20,31H,10-14H2,2-4H3,(H2,25,26,27,28)/t17-,20+/m1/s1. The van der Waals surface area contributed by atoms with Gasteiger partial charge in [0.25, 0.3) is 0 Å². The minimum atomic E-state index is -0.298. The van der Waals surface area contributed by atoms with Crippen molar-refractivity contribution in [3.05, 3.63) is 46.5 Å². The third kappa shape index (κ3) is 4.21. The molecule has 0 aliphatic heterocycles. The van der Waals surface area contributed by atoms with Gasteiger partial charge in [0.2, 0.25) is 5.95 Å². The molecule has 2 aromatic heterocycles. The minimum absolute atomic E-state index is 0.0546. The number of rotatable bonds is 6. The summed E-state index contributed by atoms with van der Waals surface area (Å²) < 4.78 is 3.39. The van der Waals surface area contributed by atoms with Crippen LogP contribution in [0.25, 0.3) is 11.0 Å². The summed E-state index contributed by atoms with van der Waals surface area (Å²) in [5.74, 6) is 3.71. The number of imidazole rings is 1. The number of nitrogens with zero attached hydrogens (tertiary/aromatic N) is 4. The van der Waals surface area contributed by atoms with E-state index in [0.29, 0.717) is 30.4 Å². The lowest BCUT2D eigenvalue weighted by molar-refractivity contribution is 0.00926. The zero-order valence-corrected chi connectivity index (χ0v) is 18.8. The molecule has 168 valence electrons. The first kappa shape index (κ1) is 21.9. The van der Waals surface area contributed by atoms with Gasteiger partial charge in [0.15, 0.2) is 0 Å². The quantitative estimate of drug-likeness (QED) is 0.516. The summed E-state index contributed by atoms with van der Waals surface area (Å²) in [5.41, 5.74) is 2.19. The minimum Gasteiger partial charge on any atom is -0.393 e. The summed E-state index contributed by atoms with van der Waals surface area (Å²) in [4.78, 5) is 21.5. The number of nitrogens with one attached hydrogen (secondary N) is 2. The molecule has 3 N–H and O–H groups in total. The highest BCUT2D eigenvalue weighted by Gasteiger charge is 2.35. The molecule has 2 heterocycles. The average Bonchev–Trinajstić information content (AvgIpc) is 3.01. The van der Waals surface area contributed by atoms with Crippen LogP contribution in [0.5, 0.6) is 0 Å². The molecule has 32 heavy (non-hydrogen) atoms. The second-order valence-electron chi connectivity index (χ2n) is 9.14. The molecule has 0 spiro atoms. The third-order valence-electron chi connectivity index (χ3n) is 6.42. The van der Waals surface area contributed by atoms with Crippen molar-refractivity contribution in [2.75, 3.05) is 17.2 Å². The molecule has 2 atom stereocenters. The number of benzene rings is 1. The number of aliphatic hydroxyl groups excluding tert-OH is 1. The van der Waals surface area contributed by atoms with Gasteiger partial charge in [0, 0.05) is 26.2 Å². The van der Waals surface area contributed by atoms with E-state index in [0.717, 1.165) is 30.3 Å². The predicted octanol–water partition coefficient (Wildman–Crippen LogP) is 2.57. The molecule has 1 fully saturated rings. The van der Waals surface area contributed by atoms with Gasteiger partial charge in [-0.2, -0.15) is 4.98 Å². The van der Waals surface area contributed by atoms with E-state index in [-0.39, 0.29) is 23.3 Å². The normalized spacial score (nSPS) is 20.1. The molecule has 0 radical (unpaired) electrons. The van der Waals surface area contributed by atoms with Crippen LogP contribution >= 0.6 is 0 Å². The lowest BCUT2D eigenvalue weighted by Crippen LogP contribution is -2.41. The van der Waals surface area contributed by atoms with Gasteiger partial charge >= 0.3 is 5.69 Å². The maximum absolute atomic E-state index is 12.6. The van der Waals surface area contributed by atoms with Crippen LogP contribution in [0.4, 0.5) is 11.8 Å². The fourth-order valence-electron chi connectivity index (χ4n) is 4.48. The fourth-order valence-corrected chi connectivity index (χ4v) is 4.48. The van der Waals surface area contributed by atoms with Crippen molar-refractivity contribution in [1.29, 1.82) is 0 Å². The monoisotopic (exact) mass is 434 g/mol. The number of aromatic nitrogens is 4. The van der Waals surface area contributed by atoms with E-state index in [4.69, 9.17) is 6.42 Å². The number of terminal acetylenes is 1. The van der Waals surface area contributed by atoms with E-state index in [1.165, 1.54) is 0 Å². The van der Waals surface area contributed by atoms with Crippen LogP contribution in [0.2, 0.25) is 0 Å². The number of hydrogen-bond acceptors (Lipinski definition) is 6. The Morgan fingerprint density at radius 3 is 2.75 bits per heavy atom. The lowest BCUT2D eigenvalue weighted by atomic mass is 9.73. The van der Waals surface area contributed by atoms with E-state index in [2.05, 4.69) is 40.4 Å². The van der Waals surface area contributed by atoms with E-state index < -0.39 is 0 Å². The molecule has 1 saturated carbocycles. The van der Waals surface area contributed by atoms with Gasteiger partial charge in [-0.3, -0.25) is 9.13 Å². The first-order valence-electron chi connectivity index (χ1n) is 11.0. The van der Waals surface area contributed by atoms with E-state index >= 15 is 0 Å². The molecule has 3 aromatic rings. The number of aliphatic hydroxyl groups is 1. The summed E-state index contributed by atoms with van der Waals surface area (Å²) in [6.45, 7) is 5.13. The SMILES string of the molecule is C#Cc1cnc(NCCn2c(=O)n(C)c3ccccc32)nc1N[C@@H]1CC[C@H](O)C(C)(C)C1. The van der Waals surface area contributed by atoms with Gasteiger partial charge < -0.3 is 15.7 Å². The molecular formula is C24H30N6O2. The van der Waals surface area contributed by atoms with Crippen molar-refractivity contribution in [2.24, 2.45) is 12.5 Å². The number of para-hydroxylation sites is 2. The maximum atomic E-state index is 12.6. The molecule has 0 amide bonds. The van der Waals surface area contributed by atoms with Gasteiger partial charge in [0.05, 0.1) is 28.9 Å². The van der Waals surface area contributed by atoms with Crippen LogP contribution in [-0.4, -0.2) is 42.9 Å². The Morgan fingerprint density at radius 1 is 1.28 bits per heavy atom. The lowest BCUT2D eigenvalue weighted by Gasteiger charge is -2.40. The topological polar surface area (TPSA) is 97.0 Å². The smallest absolute Gasteiger partial charge is 0.328 e. The second kappa shape index (κ2) is 8.67. The molecule has 0 saturated heterocycles. The molecule has 1 aliphatic rings. The van der Waals surface area contributed by atoms with Crippen molar-refractivity contribution >= 4 is 22.8 Å². The summed E-state index contributed by atoms with van der Waals surface area (Å²) in [6, 6.07) is 7.91. The zero-order chi connectivity index (χ0) is 22.9.